The van der Waals surface area contributed by atoms with Gasteiger partial charge < -0.3 is 19.5 Å². The summed E-state index contributed by atoms with van der Waals surface area (Å²) in [6.07, 6.45) is 4.69. The van der Waals surface area contributed by atoms with Crippen LogP contribution in [0.4, 0.5) is 22.3 Å². The third-order valence-electron chi connectivity index (χ3n) is 4.83. The van der Waals surface area contributed by atoms with Gasteiger partial charge in [0.2, 0.25) is 0 Å². The average Bonchev–Trinajstić information content (AvgIpc) is 2.83. The van der Waals surface area contributed by atoms with Crippen LogP contribution < -0.4 is 15.5 Å². The van der Waals surface area contributed by atoms with Crippen LogP contribution in [0.15, 0.2) is 22.7 Å². The Kier molecular flexibility index (Phi) is 5.83. The number of aromatic nitrogens is 2. The van der Waals surface area contributed by atoms with Gasteiger partial charge in [0.1, 0.15) is 11.6 Å². The number of carbonyl (C=O) groups is 1. The van der Waals surface area contributed by atoms with Crippen LogP contribution in [0, 0.1) is 13.8 Å². The van der Waals surface area contributed by atoms with Crippen molar-refractivity contribution in [2.45, 2.75) is 39.2 Å². The molecule has 2 aromatic rings. The third kappa shape index (κ3) is 4.90. The van der Waals surface area contributed by atoms with Gasteiger partial charge in [0.25, 0.3) is 0 Å². The number of hydrogen-bond acceptors (Lipinski definition) is 6. The van der Waals surface area contributed by atoms with E-state index >= 15 is 0 Å². The number of urea groups is 1. The van der Waals surface area contributed by atoms with Gasteiger partial charge in [-0.2, -0.15) is 4.98 Å². The molecule has 8 heteroatoms. The van der Waals surface area contributed by atoms with Crippen molar-refractivity contribution in [3.05, 3.63) is 29.8 Å². The van der Waals surface area contributed by atoms with Gasteiger partial charge in [0.15, 0.2) is 0 Å². The first-order valence-electron chi connectivity index (χ1n) is 9.32. The zero-order chi connectivity index (χ0) is 19.4. The predicted molar refractivity (Wildman–Crippen MR) is 106 cm³/mol. The van der Waals surface area contributed by atoms with Crippen molar-refractivity contribution < 1.29 is 9.21 Å². The minimum atomic E-state index is -0.158. The topological polar surface area (TPSA) is 86.5 Å². The number of oxazole rings is 1. The zero-order valence-electron chi connectivity index (χ0n) is 16.5. The summed E-state index contributed by atoms with van der Waals surface area (Å²) in [6.45, 7) is 5.10. The van der Waals surface area contributed by atoms with Gasteiger partial charge in [-0.1, -0.05) is 0 Å². The van der Waals surface area contributed by atoms with Crippen molar-refractivity contribution >= 4 is 23.6 Å². The molecule has 1 saturated heterocycles. The fourth-order valence-corrected chi connectivity index (χ4v) is 3.11. The molecule has 0 saturated carbocycles. The number of anilines is 3. The highest BCUT2D eigenvalue weighted by molar-refractivity contribution is 5.87. The van der Waals surface area contributed by atoms with Crippen LogP contribution in [0.1, 0.15) is 30.7 Å². The van der Waals surface area contributed by atoms with Crippen LogP contribution in [0.5, 0.6) is 0 Å². The molecule has 0 spiro atoms. The second-order valence-electron chi connectivity index (χ2n) is 7.15. The monoisotopic (exact) mass is 372 g/mol. The predicted octanol–water partition coefficient (Wildman–Crippen LogP) is 3.25. The van der Waals surface area contributed by atoms with E-state index in [2.05, 4.69) is 20.6 Å². The molecule has 27 heavy (non-hydrogen) atoms. The summed E-state index contributed by atoms with van der Waals surface area (Å²) in [5, 5.41) is 6.29. The first kappa shape index (κ1) is 19.0. The maximum absolute atomic E-state index is 12.5. The normalized spacial score (nSPS) is 17.3. The van der Waals surface area contributed by atoms with Gasteiger partial charge in [-0.05, 0) is 45.2 Å². The molecule has 2 aromatic heterocycles. The SMILES string of the molecule is Cc1nc(NC(=O)N2CCCC(Nc3ccc(N(C)C)nc3)CC2)oc1C. The van der Waals surface area contributed by atoms with Gasteiger partial charge in [-0.3, -0.25) is 5.32 Å². The van der Waals surface area contributed by atoms with E-state index in [1.807, 2.05) is 56.1 Å². The lowest BCUT2D eigenvalue weighted by atomic mass is 10.1. The van der Waals surface area contributed by atoms with Gasteiger partial charge in [0.05, 0.1) is 17.6 Å². The van der Waals surface area contributed by atoms with Gasteiger partial charge in [-0.25, -0.2) is 9.78 Å². The van der Waals surface area contributed by atoms with E-state index in [1.165, 1.54) is 0 Å². The molecule has 0 aromatic carbocycles. The highest BCUT2D eigenvalue weighted by Gasteiger charge is 2.22. The third-order valence-corrected chi connectivity index (χ3v) is 4.83. The number of nitrogens with zero attached hydrogens (tertiary/aromatic N) is 4. The molecule has 146 valence electrons. The summed E-state index contributed by atoms with van der Waals surface area (Å²) >= 11 is 0. The minimum absolute atomic E-state index is 0.158. The van der Waals surface area contributed by atoms with E-state index in [0.29, 0.717) is 12.6 Å². The van der Waals surface area contributed by atoms with Crippen LogP contribution in [0.2, 0.25) is 0 Å². The number of nitrogens with one attached hydrogen (secondary N) is 2. The molecule has 1 fully saturated rings. The molecule has 0 radical (unpaired) electrons. The Balaban J connectivity index is 1.52. The molecule has 0 aliphatic carbocycles. The molecule has 1 aliphatic rings. The van der Waals surface area contributed by atoms with Crippen LogP contribution >= 0.6 is 0 Å². The number of hydrogen-bond donors (Lipinski definition) is 2. The molecular formula is C19H28N6O2. The maximum Gasteiger partial charge on any atom is 0.325 e. The Morgan fingerprint density at radius 2 is 2.07 bits per heavy atom. The van der Waals surface area contributed by atoms with Crippen molar-refractivity contribution in [2.24, 2.45) is 0 Å². The van der Waals surface area contributed by atoms with Crippen molar-refractivity contribution in [3.63, 3.8) is 0 Å². The van der Waals surface area contributed by atoms with E-state index in [4.69, 9.17) is 4.42 Å². The Labute approximate surface area is 160 Å². The average molecular weight is 372 g/mol. The first-order chi connectivity index (χ1) is 12.9. The highest BCUT2D eigenvalue weighted by Crippen LogP contribution is 2.19. The Bertz CT molecular complexity index is 752. The van der Waals surface area contributed by atoms with Crippen molar-refractivity contribution in [1.29, 1.82) is 0 Å². The lowest BCUT2D eigenvalue weighted by Crippen LogP contribution is -2.36. The molecule has 8 nitrogen and oxygen atoms in total. The van der Waals surface area contributed by atoms with Crippen LogP contribution in [-0.4, -0.2) is 54.1 Å². The summed E-state index contributed by atoms with van der Waals surface area (Å²) in [4.78, 5) is 24.9. The molecule has 3 heterocycles. The van der Waals surface area contributed by atoms with Crippen LogP contribution in [-0.2, 0) is 0 Å². The minimum Gasteiger partial charge on any atom is -0.428 e. The molecule has 1 atom stereocenters. The highest BCUT2D eigenvalue weighted by atomic mass is 16.4. The summed E-state index contributed by atoms with van der Waals surface area (Å²) in [6, 6.07) is 4.47. The molecule has 1 aliphatic heterocycles. The smallest absolute Gasteiger partial charge is 0.325 e. The Hall–Kier alpha value is -2.77. The van der Waals surface area contributed by atoms with E-state index in [-0.39, 0.29) is 12.0 Å². The van der Waals surface area contributed by atoms with E-state index in [1.54, 1.807) is 0 Å². The Morgan fingerprint density at radius 3 is 2.70 bits per heavy atom. The van der Waals surface area contributed by atoms with Crippen LogP contribution in [0.25, 0.3) is 0 Å². The second-order valence-corrected chi connectivity index (χ2v) is 7.15. The number of pyridine rings is 1. The maximum atomic E-state index is 12.5. The fourth-order valence-electron chi connectivity index (χ4n) is 3.11. The van der Waals surface area contributed by atoms with Gasteiger partial charge >= 0.3 is 12.0 Å². The standard InChI is InChI=1S/C19H28N6O2/c1-13-14(2)27-18(21-13)23-19(26)25-10-5-6-15(9-11-25)22-16-7-8-17(20-12-16)24(3)4/h7-8,12,15,22H,5-6,9-11H2,1-4H3,(H,21,23,26). The van der Waals surface area contributed by atoms with Crippen molar-refractivity contribution in [1.82, 2.24) is 14.9 Å². The first-order valence-corrected chi connectivity index (χ1v) is 9.32. The Morgan fingerprint density at radius 1 is 1.26 bits per heavy atom. The zero-order valence-corrected chi connectivity index (χ0v) is 16.5. The molecule has 0 bridgehead atoms. The summed E-state index contributed by atoms with van der Waals surface area (Å²) < 4.78 is 5.44. The summed E-state index contributed by atoms with van der Waals surface area (Å²) in [7, 11) is 3.95. The fraction of sp³-hybridized carbons (Fsp3) is 0.526. The molecule has 1 unspecified atom stereocenters. The van der Waals surface area contributed by atoms with Crippen LogP contribution in [0.3, 0.4) is 0 Å². The lowest BCUT2D eigenvalue weighted by molar-refractivity contribution is 0.213. The number of aryl methyl sites for hydroxylation is 2. The summed E-state index contributed by atoms with van der Waals surface area (Å²) in [5.74, 6) is 1.65. The molecule has 2 N–H and O–H groups in total. The van der Waals surface area contributed by atoms with Crippen molar-refractivity contribution in [3.8, 4) is 0 Å². The number of likely N-dealkylation sites (tertiary alicyclic amines) is 1. The lowest BCUT2D eigenvalue weighted by Gasteiger charge is -2.21. The van der Waals surface area contributed by atoms with E-state index in [0.717, 1.165) is 48.8 Å². The summed E-state index contributed by atoms with van der Waals surface area (Å²) in [5.41, 5.74) is 1.80. The second kappa shape index (κ2) is 8.28. The van der Waals surface area contributed by atoms with Crippen molar-refractivity contribution in [2.75, 3.05) is 42.7 Å². The van der Waals surface area contributed by atoms with E-state index < -0.39 is 0 Å². The van der Waals surface area contributed by atoms with Gasteiger partial charge in [-0.15, -0.1) is 0 Å². The molecule has 2 amide bonds. The number of rotatable bonds is 4. The molecular weight excluding hydrogens is 344 g/mol. The van der Waals surface area contributed by atoms with Gasteiger partial charge in [0, 0.05) is 33.2 Å². The quantitative estimate of drug-likeness (QED) is 0.857. The number of amides is 2. The molecule has 3 rings (SSSR count). The van der Waals surface area contributed by atoms with E-state index in [9.17, 15) is 4.79 Å². The number of carbonyl (C=O) groups excluding carboxylic acids is 1. The largest absolute Gasteiger partial charge is 0.428 e.